The molecule has 0 aromatic heterocycles. The number of amides is 2. The van der Waals surface area contributed by atoms with Crippen LogP contribution in [0.5, 0.6) is 0 Å². The number of nitrogens with zero attached hydrogens (tertiary/aromatic N) is 2. The molecule has 6 N–H and O–H groups in total. The van der Waals surface area contributed by atoms with E-state index in [1.165, 1.54) is 0 Å². The first-order valence-corrected chi connectivity index (χ1v) is 21.0. The van der Waals surface area contributed by atoms with Crippen molar-refractivity contribution in [2.75, 3.05) is 78.7 Å². The van der Waals surface area contributed by atoms with Crippen molar-refractivity contribution in [1.29, 1.82) is 0 Å². The summed E-state index contributed by atoms with van der Waals surface area (Å²) >= 11 is 0. The predicted octanol–water partition coefficient (Wildman–Crippen LogP) is 0.709. The van der Waals surface area contributed by atoms with E-state index < -0.39 is 47.5 Å². The second-order valence-corrected chi connectivity index (χ2v) is 15.5. The molecule has 0 rings (SSSR count). The predicted molar refractivity (Wildman–Crippen MR) is 223 cm³/mol. The Morgan fingerprint density at radius 1 is 0.525 bits per heavy atom. The van der Waals surface area contributed by atoms with Crippen molar-refractivity contribution in [3.8, 4) is 0 Å². The molecule has 6 unspecified atom stereocenters. The quantitative estimate of drug-likeness (QED) is 0.0297. The fourth-order valence-corrected chi connectivity index (χ4v) is 6.16. The van der Waals surface area contributed by atoms with Gasteiger partial charge < -0.3 is 59.8 Å². The summed E-state index contributed by atoms with van der Waals surface area (Å²) in [6, 6.07) is 0. The number of quaternary nitrogens is 2. The zero-order chi connectivity index (χ0) is 44.6. The molecule has 17 heteroatoms. The van der Waals surface area contributed by atoms with Crippen LogP contribution in [0.3, 0.4) is 0 Å². The Balaban J connectivity index is -0.00000105. The van der Waals surface area contributed by atoms with Crippen molar-refractivity contribution in [2.24, 2.45) is 23.7 Å². The van der Waals surface area contributed by atoms with Gasteiger partial charge in [0.15, 0.2) is 0 Å². The summed E-state index contributed by atoms with van der Waals surface area (Å²) in [4.78, 5) is 68.5. The van der Waals surface area contributed by atoms with Crippen LogP contribution in [0.1, 0.15) is 106 Å². The first-order chi connectivity index (χ1) is 27.3. The minimum absolute atomic E-state index is 0. The summed E-state index contributed by atoms with van der Waals surface area (Å²) in [6.07, 6.45) is 13.5. The van der Waals surface area contributed by atoms with Gasteiger partial charge >= 0.3 is 49.7 Å². The summed E-state index contributed by atoms with van der Waals surface area (Å²) in [5, 5.41) is 65.4. The van der Waals surface area contributed by atoms with Crippen LogP contribution >= 0.6 is 0 Å². The van der Waals surface area contributed by atoms with E-state index in [0.29, 0.717) is 126 Å². The van der Waals surface area contributed by atoms with Gasteiger partial charge in [-0.15, -0.1) is 0 Å². The molecule has 0 aliphatic carbocycles. The number of carbonyl (C=O) groups is 6. The Morgan fingerprint density at radius 3 is 1.08 bits per heavy atom. The van der Waals surface area contributed by atoms with E-state index in [1.54, 1.807) is 27.7 Å². The third-order valence-electron chi connectivity index (χ3n) is 10.6. The number of hydrogen-bond donors (Lipinski definition) is 6. The molecule has 6 atom stereocenters. The van der Waals surface area contributed by atoms with Crippen LogP contribution in [0.15, 0.2) is 24.3 Å². The molecule has 16 nitrogen and oxygen atoms in total. The number of allylic oxidation sites excluding steroid dienone is 4. The fourth-order valence-electron chi connectivity index (χ4n) is 6.16. The molecule has 336 valence electrons. The van der Waals surface area contributed by atoms with Crippen LogP contribution in [-0.2, 0) is 28.8 Å². The molecule has 0 spiro atoms. The second-order valence-electron chi connectivity index (χ2n) is 15.5. The molecular formula is C42H76CaN4O12+2. The van der Waals surface area contributed by atoms with Crippen molar-refractivity contribution < 1.29 is 68.4 Å². The van der Waals surface area contributed by atoms with Gasteiger partial charge in [0.2, 0.25) is 11.8 Å². The summed E-state index contributed by atoms with van der Waals surface area (Å²) in [5.74, 6) is -6.49. The van der Waals surface area contributed by atoms with E-state index in [2.05, 4.69) is 10.6 Å². The zero-order valence-corrected chi connectivity index (χ0v) is 39.0. The van der Waals surface area contributed by atoms with Crippen molar-refractivity contribution >= 4 is 73.4 Å². The minimum Gasteiger partial charge on any atom is -0.550 e. The van der Waals surface area contributed by atoms with Gasteiger partial charge in [-0.2, -0.15) is 0 Å². The Labute approximate surface area is 382 Å². The van der Waals surface area contributed by atoms with E-state index >= 15 is 0 Å². The van der Waals surface area contributed by atoms with Gasteiger partial charge in [-0.25, -0.2) is 0 Å². The zero-order valence-electron chi connectivity index (χ0n) is 36.8. The number of aliphatic carboxylic acids is 4. The molecule has 0 radical (unpaired) electrons. The maximum absolute atomic E-state index is 12.0. The average Bonchev–Trinajstić information content (AvgIpc) is 3.17. The SMILES string of the molecule is CC/C=C/CCC(=O)NCC[N+](CCO)(CCC(C)C(=O)[O-])CCC(C)C(=O)O.CC/C=C/CCC(=O)NCC[N+](CCO)(CCC(C)C(=O)[O-])CCC(C)C(=O)O.[Ca+2]. The smallest absolute Gasteiger partial charge is 0.550 e. The molecule has 0 bridgehead atoms. The summed E-state index contributed by atoms with van der Waals surface area (Å²) in [7, 11) is 0. The first kappa shape index (κ1) is 60.7. The minimum atomic E-state index is -1.13. The van der Waals surface area contributed by atoms with Crippen molar-refractivity contribution in [3.63, 3.8) is 0 Å². The van der Waals surface area contributed by atoms with Crippen molar-refractivity contribution in [2.45, 2.75) is 106 Å². The Kier molecular flexibility index (Phi) is 37.1. The summed E-state index contributed by atoms with van der Waals surface area (Å²) in [5.41, 5.74) is 0. The molecule has 0 heterocycles. The van der Waals surface area contributed by atoms with Gasteiger partial charge in [0.25, 0.3) is 0 Å². The molecule has 0 saturated heterocycles. The maximum Gasteiger partial charge on any atom is 2.00 e. The van der Waals surface area contributed by atoms with E-state index in [4.69, 9.17) is 10.2 Å². The largest absolute Gasteiger partial charge is 2.00 e. The van der Waals surface area contributed by atoms with Crippen LogP contribution in [0.25, 0.3) is 0 Å². The molecule has 0 saturated carbocycles. The van der Waals surface area contributed by atoms with Gasteiger partial charge in [0.1, 0.15) is 13.1 Å². The summed E-state index contributed by atoms with van der Waals surface area (Å²) < 4.78 is 0.726. The first-order valence-electron chi connectivity index (χ1n) is 21.0. The Morgan fingerprint density at radius 2 is 0.831 bits per heavy atom. The van der Waals surface area contributed by atoms with Gasteiger partial charge in [0.05, 0.1) is 77.4 Å². The number of aliphatic hydroxyl groups excluding tert-OH is 2. The molecule has 59 heavy (non-hydrogen) atoms. The normalized spacial score (nSPS) is 15.3. The van der Waals surface area contributed by atoms with Crippen molar-refractivity contribution in [3.05, 3.63) is 24.3 Å². The number of aliphatic hydroxyl groups is 2. The number of carboxylic acids is 4. The van der Waals surface area contributed by atoms with Gasteiger partial charge in [-0.05, 0) is 25.7 Å². The molecule has 0 aromatic rings. The van der Waals surface area contributed by atoms with Crippen LogP contribution in [-0.4, -0.2) is 181 Å². The standard InChI is InChI=1S/2C21H38N2O6.Ca/c2*1-4-5-6-7-8-19(25)22-11-14-23(15-16-24,12-9-17(2)20(26)27)13-10-18(3)21(28)29;/h2*5-6,17-18,24H,4,7-16H2,1-3H3,(H2-,22,25,26,27,28,29);/q;;+2/b2*6-5+;. The van der Waals surface area contributed by atoms with Crippen LogP contribution in [0.4, 0.5) is 0 Å². The van der Waals surface area contributed by atoms with E-state index in [-0.39, 0.29) is 62.8 Å². The number of carbonyl (C=O) groups excluding carboxylic acids is 4. The van der Waals surface area contributed by atoms with E-state index in [9.17, 15) is 49.2 Å². The molecule has 2 amide bonds. The summed E-state index contributed by atoms with van der Waals surface area (Å²) in [6.45, 7) is 14.7. The fraction of sp³-hybridized carbons (Fsp3) is 0.762. The van der Waals surface area contributed by atoms with Gasteiger partial charge in [-0.3, -0.25) is 19.2 Å². The molecule has 0 aliphatic heterocycles. The van der Waals surface area contributed by atoms with Crippen LogP contribution in [0.2, 0.25) is 0 Å². The molecule has 0 aromatic carbocycles. The number of rotatable bonds is 34. The second kappa shape index (κ2) is 36.1. The Bertz CT molecular complexity index is 1120. The molecular weight excluding hydrogens is 793 g/mol. The number of nitrogens with one attached hydrogen (secondary N) is 2. The van der Waals surface area contributed by atoms with E-state index in [1.807, 2.05) is 38.2 Å². The molecule has 0 fully saturated rings. The maximum atomic E-state index is 12.0. The average molecular weight is 869 g/mol. The number of carboxylic acid groups (broad SMARTS) is 4. The third-order valence-corrected chi connectivity index (χ3v) is 10.6. The van der Waals surface area contributed by atoms with Crippen molar-refractivity contribution in [1.82, 2.24) is 10.6 Å². The van der Waals surface area contributed by atoms with Gasteiger partial charge in [-0.1, -0.05) is 65.8 Å². The third kappa shape index (κ3) is 31.0. The van der Waals surface area contributed by atoms with Crippen LogP contribution < -0.4 is 20.8 Å². The van der Waals surface area contributed by atoms with E-state index in [0.717, 1.165) is 12.8 Å². The number of hydrogen-bond acceptors (Lipinski definition) is 10. The Hall–Kier alpha value is -2.60. The monoisotopic (exact) mass is 869 g/mol. The molecule has 0 aliphatic rings. The van der Waals surface area contributed by atoms with Crippen LogP contribution in [0, 0.1) is 23.7 Å². The topological polar surface area (TPSA) is 254 Å². The van der Waals surface area contributed by atoms with Gasteiger partial charge in [0, 0.05) is 62.3 Å².